The maximum Gasteiger partial charge on any atom is 0.231 e. The molecule has 0 aliphatic carbocycles. The van der Waals surface area contributed by atoms with Crippen molar-refractivity contribution in [3.63, 3.8) is 0 Å². The molecule has 2 saturated heterocycles. The van der Waals surface area contributed by atoms with Crippen LogP contribution in [0.15, 0.2) is 42.5 Å². The highest BCUT2D eigenvalue weighted by Crippen LogP contribution is 2.37. The summed E-state index contributed by atoms with van der Waals surface area (Å²) in [6, 6.07) is 13.9. The number of carbonyl (C=O) groups excluding carboxylic acids is 2. The Hall–Kier alpha value is -3.81. The van der Waals surface area contributed by atoms with Gasteiger partial charge in [-0.25, -0.2) is 4.98 Å². The number of nitrogens with zero attached hydrogens (tertiary/aromatic N) is 4. The fourth-order valence-corrected chi connectivity index (χ4v) is 5.30. The second-order valence-corrected chi connectivity index (χ2v) is 9.52. The molecule has 0 radical (unpaired) electrons. The summed E-state index contributed by atoms with van der Waals surface area (Å²) in [6.45, 7) is 7.49. The van der Waals surface area contributed by atoms with Crippen LogP contribution >= 0.6 is 0 Å². The van der Waals surface area contributed by atoms with Crippen LogP contribution in [-0.2, 0) is 9.59 Å². The predicted octanol–water partition coefficient (Wildman–Crippen LogP) is 3.28. The van der Waals surface area contributed by atoms with E-state index >= 15 is 0 Å². The molecule has 0 N–H and O–H groups in total. The first-order chi connectivity index (χ1) is 17.0. The van der Waals surface area contributed by atoms with Crippen LogP contribution in [0.3, 0.4) is 0 Å². The molecule has 1 unspecified atom stereocenters. The monoisotopic (exact) mass is 472 g/mol. The lowest BCUT2D eigenvalue weighted by atomic mass is 10.1. The number of piperazine rings is 1. The molecule has 4 heterocycles. The molecule has 0 bridgehead atoms. The average molecular weight is 473 g/mol. The molecule has 2 aromatic carbocycles. The van der Waals surface area contributed by atoms with Gasteiger partial charge in [0, 0.05) is 56.3 Å². The van der Waals surface area contributed by atoms with Crippen molar-refractivity contribution in [2.45, 2.75) is 20.3 Å². The number of anilines is 2. The van der Waals surface area contributed by atoms with Crippen molar-refractivity contribution in [1.29, 1.82) is 0 Å². The number of aryl methyl sites for hydroxylation is 2. The van der Waals surface area contributed by atoms with Gasteiger partial charge in [-0.1, -0.05) is 18.2 Å². The number of ether oxygens (including phenoxy) is 2. The van der Waals surface area contributed by atoms with E-state index in [1.54, 1.807) is 4.90 Å². The molecule has 3 aliphatic heterocycles. The second kappa shape index (κ2) is 8.45. The Balaban J connectivity index is 1.12. The Morgan fingerprint density at radius 2 is 1.77 bits per heavy atom. The highest BCUT2D eigenvalue weighted by Gasteiger charge is 2.38. The van der Waals surface area contributed by atoms with Crippen molar-refractivity contribution in [2.75, 3.05) is 49.3 Å². The maximum atomic E-state index is 13.3. The zero-order valence-electron chi connectivity index (χ0n) is 20.0. The molecule has 180 valence electrons. The quantitative estimate of drug-likeness (QED) is 0.583. The summed E-state index contributed by atoms with van der Waals surface area (Å²) in [5.74, 6) is 1.96. The molecule has 3 aromatic rings. The first kappa shape index (κ1) is 21.7. The molecule has 0 saturated carbocycles. The minimum Gasteiger partial charge on any atom is -0.454 e. The summed E-state index contributed by atoms with van der Waals surface area (Å²) >= 11 is 0. The van der Waals surface area contributed by atoms with Gasteiger partial charge in [0.15, 0.2) is 11.5 Å². The minimum absolute atomic E-state index is 0.0351. The lowest BCUT2D eigenvalue weighted by Gasteiger charge is -2.36. The molecular formula is C27H28N4O4. The third-order valence-corrected chi connectivity index (χ3v) is 7.29. The zero-order chi connectivity index (χ0) is 24.1. The number of hydrogen-bond donors (Lipinski definition) is 0. The summed E-state index contributed by atoms with van der Waals surface area (Å²) in [5, 5.41) is 1.18. The van der Waals surface area contributed by atoms with Gasteiger partial charge < -0.3 is 24.2 Å². The number of rotatable bonds is 3. The van der Waals surface area contributed by atoms with Gasteiger partial charge in [-0.3, -0.25) is 9.59 Å². The van der Waals surface area contributed by atoms with Crippen molar-refractivity contribution in [1.82, 2.24) is 9.88 Å². The second-order valence-electron chi connectivity index (χ2n) is 9.52. The number of fused-ring (bicyclic) bond motifs is 2. The number of carbonyl (C=O) groups is 2. The van der Waals surface area contributed by atoms with Gasteiger partial charge in [-0.15, -0.1) is 0 Å². The largest absolute Gasteiger partial charge is 0.454 e. The van der Waals surface area contributed by atoms with E-state index in [4.69, 9.17) is 14.5 Å². The average Bonchev–Trinajstić information content (AvgIpc) is 3.50. The third-order valence-electron chi connectivity index (χ3n) is 7.29. The standard InChI is InChI=1S/C27H28N4O4/c1-17-4-3-5-21-18(2)12-24(28-26(17)21)29-8-10-30(11-9-29)27(33)19-13-25(32)31(15-19)20-6-7-22-23(14-20)35-16-34-22/h3-7,12,14,19H,8-11,13,15-16H2,1-2H3. The molecule has 2 amide bonds. The maximum absolute atomic E-state index is 13.3. The van der Waals surface area contributed by atoms with Crippen molar-refractivity contribution in [2.24, 2.45) is 5.92 Å². The van der Waals surface area contributed by atoms with E-state index in [9.17, 15) is 9.59 Å². The summed E-state index contributed by atoms with van der Waals surface area (Å²) in [4.78, 5) is 36.8. The Labute approximate surface area is 204 Å². The van der Waals surface area contributed by atoms with Crippen molar-refractivity contribution < 1.29 is 19.1 Å². The van der Waals surface area contributed by atoms with E-state index < -0.39 is 0 Å². The number of aromatic nitrogens is 1. The number of hydrogen-bond acceptors (Lipinski definition) is 6. The molecule has 8 nitrogen and oxygen atoms in total. The van der Waals surface area contributed by atoms with Crippen LogP contribution in [0, 0.1) is 19.8 Å². The molecule has 2 fully saturated rings. The summed E-state index contributed by atoms with van der Waals surface area (Å²) < 4.78 is 10.8. The molecule has 1 aromatic heterocycles. The van der Waals surface area contributed by atoms with Gasteiger partial charge in [0.2, 0.25) is 18.6 Å². The molecule has 35 heavy (non-hydrogen) atoms. The van der Waals surface area contributed by atoms with Crippen molar-refractivity contribution >= 4 is 34.2 Å². The van der Waals surface area contributed by atoms with Gasteiger partial charge in [-0.2, -0.15) is 0 Å². The highest BCUT2D eigenvalue weighted by molar-refractivity contribution is 6.00. The number of pyridine rings is 1. The lowest BCUT2D eigenvalue weighted by Crippen LogP contribution is -2.51. The van der Waals surface area contributed by atoms with Crippen LogP contribution in [0.2, 0.25) is 0 Å². The first-order valence-corrected chi connectivity index (χ1v) is 12.1. The van der Waals surface area contributed by atoms with Crippen LogP contribution in [0.25, 0.3) is 10.9 Å². The Bertz CT molecular complexity index is 1330. The molecule has 6 rings (SSSR count). The van der Waals surface area contributed by atoms with E-state index in [2.05, 4.69) is 43.0 Å². The number of benzene rings is 2. The predicted molar refractivity (Wildman–Crippen MR) is 133 cm³/mol. The SMILES string of the molecule is Cc1cc(N2CCN(C(=O)C3CC(=O)N(c4ccc5c(c4)OCO5)C3)CC2)nc2c(C)cccc12. The van der Waals surface area contributed by atoms with Crippen LogP contribution in [0.1, 0.15) is 17.5 Å². The zero-order valence-corrected chi connectivity index (χ0v) is 20.0. The third kappa shape index (κ3) is 3.83. The Morgan fingerprint density at radius 3 is 2.60 bits per heavy atom. The first-order valence-electron chi connectivity index (χ1n) is 12.1. The van der Waals surface area contributed by atoms with E-state index in [1.165, 1.54) is 16.5 Å². The van der Waals surface area contributed by atoms with Gasteiger partial charge in [0.1, 0.15) is 5.82 Å². The van der Waals surface area contributed by atoms with Crippen LogP contribution < -0.4 is 19.3 Å². The topological polar surface area (TPSA) is 75.2 Å². The van der Waals surface area contributed by atoms with Crippen LogP contribution in [0.4, 0.5) is 11.5 Å². The summed E-state index contributed by atoms with van der Waals surface area (Å²) in [7, 11) is 0. The molecular weight excluding hydrogens is 444 g/mol. The number of amides is 2. The Morgan fingerprint density at radius 1 is 0.971 bits per heavy atom. The lowest BCUT2D eigenvalue weighted by molar-refractivity contribution is -0.136. The normalized spacial score (nSPS) is 19.7. The van der Waals surface area contributed by atoms with Gasteiger partial charge in [-0.05, 0) is 43.2 Å². The van der Waals surface area contributed by atoms with Crippen LogP contribution in [0.5, 0.6) is 11.5 Å². The number of para-hydroxylation sites is 1. The van der Waals surface area contributed by atoms with E-state index in [1.807, 2.05) is 23.1 Å². The fourth-order valence-electron chi connectivity index (χ4n) is 5.30. The molecule has 0 spiro atoms. The van der Waals surface area contributed by atoms with Crippen LogP contribution in [-0.4, -0.2) is 61.2 Å². The molecule has 8 heteroatoms. The van der Waals surface area contributed by atoms with Crippen molar-refractivity contribution in [3.05, 3.63) is 53.6 Å². The minimum atomic E-state index is -0.330. The summed E-state index contributed by atoms with van der Waals surface area (Å²) in [6.07, 6.45) is 0.234. The Kier molecular flexibility index (Phi) is 5.24. The fraction of sp³-hybridized carbons (Fsp3) is 0.370. The van der Waals surface area contributed by atoms with Gasteiger partial charge >= 0.3 is 0 Å². The van der Waals surface area contributed by atoms with E-state index in [0.717, 1.165) is 30.1 Å². The molecule has 1 atom stereocenters. The van der Waals surface area contributed by atoms with Crippen molar-refractivity contribution in [3.8, 4) is 11.5 Å². The highest BCUT2D eigenvalue weighted by atomic mass is 16.7. The van der Waals surface area contributed by atoms with E-state index in [0.29, 0.717) is 31.1 Å². The van der Waals surface area contributed by atoms with Gasteiger partial charge in [0.25, 0.3) is 0 Å². The molecule has 3 aliphatic rings. The van der Waals surface area contributed by atoms with Gasteiger partial charge in [0.05, 0.1) is 11.4 Å². The summed E-state index contributed by atoms with van der Waals surface area (Å²) in [5.41, 5.74) is 4.15. The van der Waals surface area contributed by atoms with E-state index in [-0.39, 0.29) is 30.9 Å². The smallest absolute Gasteiger partial charge is 0.231 e.